The molecular formula is C28H37F3N4O6S. The first-order valence-corrected chi connectivity index (χ1v) is 14.7. The Kier molecular flexibility index (Phi) is 12.3. The highest BCUT2D eigenvalue weighted by atomic mass is 32.2. The van der Waals surface area contributed by atoms with Crippen LogP contribution in [0.15, 0.2) is 40.2 Å². The average molecular weight is 615 g/mol. The molecule has 0 radical (unpaired) electrons. The predicted octanol–water partition coefficient (Wildman–Crippen LogP) is 3.02. The second kappa shape index (κ2) is 15.0. The van der Waals surface area contributed by atoms with Crippen molar-refractivity contribution in [2.24, 2.45) is 4.99 Å². The zero-order valence-electron chi connectivity index (χ0n) is 24.3. The number of aryl methyl sites for hydroxylation is 1. The van der Waals surface area contributed by atoms with E-state index in [2.05, 4.69) is 27.8 Å². The monoisotopic (exact) mass is 614 g/mol. The molecule has 1 amide bonds. The Morgan fingerprint density at radius 1 is 1.14 bits per heavy atom. The number of aliphatic carboxylic acids is 1. The number of nitrogens with one attached hydrogen (secondary N) is 2. The lowest BCUT2D eigenvalue weighted by molar-refractivity contribution is -0.192. The largest absolute Gasteiger partial charge is 0.496 e. The van der Waals surface area contributed by atoms with Gasteiger partial charge in [0.1, 0.15) is 17.5 Å². The number of carbonyl (C=O) groups excluding carboxylic acids is 1. The lowest BCUT2D eigenvalue weighted by atomic mass is 10.1. The van der Waals surface area contributed by atoms with Gasteiger partial charge in [-0.15, -0.1) is 0 Å². The molecule has 0 bridgehead atoms. The fourth-order valence-electron chi connectivity index (χ4n) is 4.22. The van der Waals surface area contributed by atoms with Crippen LogP contribution in [-0.4, -0.2) is 88.5 Å². The van der Waals surface area contributed by atoms with E-state index in [4.69, 9.17) is 14.6 Å². The molecule has 232 valence electrons. The van der Waals surface area contributed by atoms with Crippen LogP contribution in [0, 0.1) is 20.8 Å². The summed E-state index contributed by atoms with van der Waals surface area (Å²) in [6.07, 6.45) is -4.10. The van der Waals surface area contributed by atoms with Crippen LogP contribution in [0.5, 0.6) is 5.75 Å². The van der Waals surface area contributed by atoms with Crippen molar-refractivity contribution < 1.29 is 41.0 Å². The number of carboxylic acids is 1. The molecule has 0 unspecified atom stereocenters. The van der Waals surface area contributed by atoms with E-state index in [1.54, 1.807) is 39.0 Å². The summed E-state index contributed by atoms with van der Waals surface area (Å²) in [5.74, 6) is -1.39. The van der Waals surface area contributed by atoms with Gasteiger partial charge < -0.3 is 25.4 Å². The van der Waals surface area contributed by atoms with Gasteiger partial charge in [-0.25, -0.2) is 13.2 Å². The predicted molar refractivity (Wildman–Crippen MR) is 153 cm³/mol. The fourth-order valence-corrected chi connectivity index (χ4v) is 5.95. The van der Waals surface area contributed by atoms with Crippen LogP contribution in [0.3, 0.4) is 0 Å². The van der Waals surface area contributed by atoms with Gasteiger partial charge in [0, 0.05) is 38.7 Å². The third-order valence-electron chi connectivity index (χ3n) is 6.62. The van der Waals surface area contributed by atoms with E-state index in [9.17, 15) is 26.4 Å². The van der Waals surface area contributed by atoms with Gasteiger partial charge in [0.25, 0.3) is 0 Å². The van der Waals surface area contributed by atoms with Crippen LogP contribution in [0.4, 0.5) is 13.2 Å². The van der Waals surface area contributed by atoms with Crippen LogP contribution in [0.2, 0.25) is 0 Å². The molecule has 0 saturated carbocycles. The molecular weight excluding hydrogens is 577 g/mol. The number of hydrogen-bond acceptors (Lipinski definition) is 8. The summed E-state index contributed by atoms with van der Waals surface area (Å²) in [4.78, 5) is 27.8. The number of benzene rings is 2. The van der Waals surface area contributed by atoms with Gasteiger partial charge in [0.15, 0.2) is 9.84 Å². The molecule has 0 spiro atoms. The van der Waals surface area contributed by atoms with Crippen molar-refractivity contribution in [3.05, 3.63) is 58.1 Å². The van der Waals surface area contributed by atoms with E-state index in [-0.39, 0.29) is 18.2 Å². The Hall–Kier alpha value is -3.65. The number of nitrogens with zero attached hydrogens (tertiary/aromatic N) is 2. The number of likely N-dealkylation sites (N-methyl/N-ethyl adjacent to an activating group) is 1. The lowest BCUT2D eigenvalue weighted by Crippen LogP contribution is -2.33. The Balaban J connectivity index is 0.000000782. The van der Waals surface area contributed by atoms with E-state index in [1.807, 2.05) is 19.1 Å². The highest BCUT2D eigenvalue weighted by molar-refractivity contribution is 7.91. The molecule has 0 fully saturated rings. The number of amidine groups is 1. The number of halogens is 3. The van der Waals surface area contributed by atoms with E-state index in [0.717, 1.165) is 42.0 Å². The van der Waals surface area contributed by atoms with Crippen LogP contribution in [-0.2, 0) is 25.8 Å². The summed E-state index contributed by atoms with van der Waals surface area (Å²) < 4.78 is 63.0. The number of amides is 1. The minimum atomic E-state index is -5.08. The number of aliphatic imine (C=N–C) groups is 1. The number of alkyl halides is 3. The normalized spacial score (nSPS) is 13.0. The van der Waals surface area contributed by atoms with E-state index in [1.165, 1.54) is 0 Å². The SMILES string of the molecule is COc1cc(C)c(S(=O)(=O)CNCCC(=O)N(C)CCc2ccc(C3=NCCN3)cc2)c(C)c1C.O=C(O)C(F)(F)F. The first-order chi connectivity index (χ1) is 19.6. The minimum absolute atomic E-state index is 0.0244. The minimum Gasteiger partial charge on any atom is -0.496 e. The molecule has 0 aromatic heterocycles. The van der Waals surface area contributed by atoms with Crippen molar-refractivity contribution in [2.45, 2.75) is 44.7 Å². The zero-order valence-corrected chi connectivity index (χ0v) is 25.1. The van der Waals surface area contributed by atoms with Crippen molar-refractivity contribution in [3.63, 3.8) is 0 Å². The maximum atomic E-state index is 13.0. The van der Waals surface area contributed by atoms with Gasteiger partial charge in [-0.1, -0.05) is 24.3 Å². The van der Waals surface area contributed by atoms with Gasteiger partial charge in [0.05, 0.1) is 18.6 Å². The Morgan fingerprint density at radius 3 is 2.29 bits per heavy atom. The number of ether oxygens (including phenoxy) is 1. The maximum Gasteiger partial charge on any atom is 0.490 e. The molecule has 3 N–H and O–H groups in total. The molecule has 1 aliphatic heterocycles. The summed E-state index contributed by atoms with van der Waals surface area (Å²) >= 11 is 0. The molecule has 10 nitrogen and oxygen atoms in total. The second-order valence-corrected chi connectivity index (χ2v) is 11.6. The topological polar surface area (TPSA) is 137 Å². The Morgan fingerprint density at radius 2 is 1.76 bits per heavy atom. The summed E-state index contributed by atoms with van der Waals surface area (Å²) in [7, 11) is -0.198. The first kappa shape index (κ1) is 34.6. The number of rotatable bonds is 11. The summed E-state index contributed by atoms with van der Waals surface area (Å²) in [5.41, 5.74) is 4.39. The lowest BCUT2D eigenvalue weighted by Gasteiger charge is -2.18. The third-order valence-corrected chi connectivity index (χ3v) is 8.46. The van der Waals surface area contributed by atoms with Crippen molar-refractivity contribution >= 4 is 27.5 Å². The zero-order chi connectivity index (χ0) is 31.7. The average Bonchev–Trinajstić information content (AvgIpc) is 3.47. The van der Waals surface area contributed by atoms with Gasteiger partial charge in [-0.05, 0) is 55.5 Å². The van der Waals surface area contributed by atoms with E-state index in [0.29, 0.717) is 34.9 Å². The quantitative estimate of drug-likeness (QED) is 0.329. The molecule has 2 aromatic rings. The molecule has 14 heteroatoms. The standard InChI is InChI=1S/C26H36N4O4S.C2HF3O2/c1-18-16-23(34-5)19(2)20(3)25(18)35(32,33)17-27-12-10-24(31)30(4)15-11-21-6-8-22(9-7-21)26-28-13-14-29-26;3-2(4,5)1(6)7/h6-9,16,27H,10-15,17H2,1-5H3,(H,28,29);(H,6,7). The number of carboxylic acid groups (broad SMARTS) is 1. The number of methoxy groups -OCH3 is 1. The molecule has 1 aliphatic rings. The van der Waals surface area contributed by atoms with Crippen LogP contribution in [0.25, 0.3) is 0 Å². The van der Waals surface area contributed by atoms with Gasteiger partial charge in [0.2, 0.25) is 5.91 Å². The summed E-state index contributed by atoms with van der Waals surface area (Å²) in [6.45, 7) is 8.00. The van der Waals surface area contributed by atoms with Gasteiger partial charge >= 0.3 is 12.1 Å². The molecule has 0 saturated heterocycles. The van der Waals surface area contributed by atoms with E-state index < -0.39 is 22.0 Å². The summed E-state index contributed by atoms with van der Waals surface area (Å²) in [5, 5.41) is 13.3. The molecule has 2 aromatic carbocycles. The van der Waals surface area contributed by atoms with Crippen molar-refractivity contribution in [3.8, 4) is 5.75 Å². The first-order valence-electron chi connectivity index (χ1n) is 13.1. The Labute approximate surface area is 243 Å². The highest BCUT2D eigenvalue weighted by Crippen LogP contribution is 2.30. The Bertz CT molecular complexity index is 1390. The highest BCUT2D eigenvalue weighted by Gasteiger charge is 2.38. The second-order valence-electron chi connectivity index (χ2n) is 9.71. The van der Waals surface area contributed by atoms with Crippen LogP contribution < -0.4 is 15.4 Å². The van der Waals surface area contributed by atoms with E-state index >= 15 is 0 Å². The third kappa shape index (κ3) is 9.72. The van der Waals surface area contributed by atoms with Crippen molar-refractivity contribution in [2.75, 3.05) is 46.2 Å². The molecule has 42 heavy (non-hydrogen) atoms. The molecule has 0 aliphatic carbocycles. The maximum absolute atomic E-state index is 13.0. The van der Waals surface area contributed by atoms with Crippen molar-refractivity contribution in [1.82, 2.24) is 15.5 Å². The number of hydrogen-bond donors (Lipinski definition) is 3. The fraction of sp³-hybridized carbons (Fsp3) is 0.464. The molecule has 0 atom stereocenters. The van der Waals surface area contributed by atoms with Gasteiger partial charge in [-0.2, -0.15) is 13.2 Å². The smallest absolute Gasteiger partial charge is 0.490 e. The van der Waals surface area contributed by atoms with Gasteiger partial charge in [-0.3, -0.25) is 9.79 Å². The number of carbonyl (C=O) groups is 2. The number of sulfone groups is 1. The summed E-state index contributed by atoms with van der Waals surface area (Å²) in [6, 6.07) is 9.97. The molecule has 3 rings (SSSR count). The molecule has 1 heterocycles. The van der Waals surface area contributed by atoms with Crippen LogP contribution in [0.1, 0.15) is 34.2 Å². The van der Waals surface area contributed by atoms with Crippen molar-refractivity contribution in [1.29, 1.82) is 0 Å². The van der Waals surface area contributed by atoms with Crippen LogP contribution >= 0.6 is 0 Å².